The lowest BCUT2D eigenvalue weighted by atomic mass is 10.0. The lowest BCUT2D eigenvalue weighted by Crippen LogP contribution is -2.51. The molecule has 0 aliphatic carbocycles. The van der Waals surface area contributed by atoms with Crippen molar-refractivity contribution in [3.8, 4) is 0 Å². The Balaban J connectivity index is 2.13. The molecule has 0 aromatic heterocycles. The molecule has 2 aliphatic heterocycles. The van der Waals surface area contributed by atoms with Crippen molar-refractivity contribution >= 4 is 12.0 Å². The van der Waals surface area contributed by atoms with Crippen LogP contribution in [0.5, 0.6) is 0 Å². The van der Waals surface area contributed by atoms with Crippen LogP contribution < -0.4 is 0 Å². The van der Waals surface area contributed by atoms with Gasteiger partial charge in [-0.25, -0.2) is 9.59 Å². The average molecular weight is 286 g/mol. The van der Waals surface area contributed by atoms with Gasteiger partial charge in [0, 0.05) is 26.6 Å². The average Bonchev–Trinajstić information content (AvgIpc) is 3.01. The number of hydrogen-bond donors (Lipinski definition) is 2. The Kier molecular flexibility index (Phi) is 4.49. The van der Waals surface area contributed by atoms with Gasteiger partial charge in [0.05, 0.1) is 18.8 Å². The summed E-state index contributed by atoms with van der Waals surface area (Å²) >= 11 is 0. The van der Waals surface area contributed by atoms with E-state index in [1.807, 2.05) is 6.92 Å². The maximum Gasteiger partial charge on any atom is 0.326 e. The first-order valence-electron chi connectivity index (χ1n) is 6.93. The smallest absolute Gasteiger partial charge is 0.326 e. The molecule has 0 saturated carbocycles. The maximum absolute atomic E-state index is 12.6. The summed E-state index contributed by atoms with van der Waals surface area (Å²) in [6.07, 6.45) is 0.897. The van der Waals surface area contributed by atoms with Gasteiger partial charge in [0.15, 0.2) is 0 Å². The van der Waals surface area contributed by atoms with E-state index in [9.17, 15) is 19.8 Å². The van der Waals surface area contributed by atoms with E-state index in [-0.39, 0.29) is 37.2 Å². The molecule has 2 heterocycles. The van der Waals surface area contributed by atoms with Crippen molar-refractivity contribution in [2.75, 3.05) is 26.8 Å². The van der Waals surface area contributed by atoms with Crippen molar-refractivity contribution < 1.29 is 24.5 Å². The first kappa shape index (κ1) is 15.1. The number of carbonyl (C=O) groups is 2. The maximum atomic E-state index is 12.6. The Morgan fingerprint density at radius 1 is 1.35 bits per heavy atom. The van der Waals surface area contributed by atoms with Gasteiger partial charge in [0.1, 0.15) is 6.04 Å². The normalized spacial score (nSPS) is 33.8. The highest BCUT2D eigenvalue weighted by Crippen LogP contribution is 2.28. The molecule has 114 valence electrons. The van der Waals surface area contributed by atoms with E-state index >= 15 is 0 Å². The Morgan fingerprint density at radius 3 is 2.60 bits per heavy atom. The summed E-state index contributed by atoms with van der Waals surface area (Å²) < 4.78 is 5.18. The summed E-state index contributed by atoms with van der Waals surface area (Å²) in [5.41, 5.74) is 0. The molecule has 7 nitrogen and oxygen atoms in total. The van der Waals surface area contributed by atoms with Crippen LogP contribution in [0.25, 0.3) is 0 Å². The highest BCUT2D eigenvalue weighted by atomic mass is 16.5. The third kappa shape index (κ3) is 2.60. The van der Waals surface area contributed by atoms with Gasteiger partial charge in [0.25, 0.3) is 0 Å². The highest BCUT2D eigenvalue weighted by molar-refractivity contribution is 5.84. The van der Waals surface area contributed by atoms with Gasteiger partial charge in [-0.1, -0.05) is 6.92 Å². The topological polar surface area (TPSA) is 90.3 Å². The molecule has 0 aromatic carbocycles. The first-order chi connectivity index (χ1) is 9.49. The number of carbonyl (C=O) groups excluding carboxylic acids is 1. The molecule has 4 atom stereocenters. The van der Waals surface area contributed by atoms with Crippen molar-refractivity contribution in [2.24, 2.45) is 5.92 Å². The van der Waals surface area contributed by atoms with Gasteiger partial charge < -0.3 is 24.7 Å². The molecule has 2 amide bonds. The van der Waals surface area contributed by atoms with Crippen LogP contribution >= 0.6 is 0 Å². The first-order valence-corrected chi connectivity index (χ1v) is 6.93. The Morgan fingerprint density at radius 2 is 2.05 bits per heavy atom. The highest BCUT2D eigenvalue weighted by Gasteiger charge is 2.44. The molecule has 4 unspecified atom stereocenters. The van der Waals surface area contributed by atoms with E-state index in [2.05, 4.69) is 0 Å². The number of ether oxygens (including phenoxy) is 1. The van der Waals surface area contributed by atoms with Crippen LogP contribution in [0.15, 0.2) is 0 Å². The minimum Gasteiger partial charge on any atom is -0.480 e. The van der Waals surface area contributed by atoms with Crippen molar-refractivity contribution in [1.29, 1.82) is 0 Å². The molecule has 20 heavy (non-hydrogen) atoms. The van der Waals surface area contributed by atoms with E-state index in [1.54, 1.807) is 4.90 Å². The molecule has 2 saturated heterocycles. The fourth-order valence-electron chi connectivity index (χ4n) is 3.10. The summed E-state index contributed by atoms with van der Waals surface area (Å²) in [5.74, 6) is -0.779. The number of hydrogen-bond acceptors (Lipinski definition) is 4. The van der Waals surface area contributed by atoms with E-state index in [1.165, 1.54) is 12.0 Å². The Labute approximate surface area is 118 Å². The zero-order chi connectivity index (χ0) is 14.9. The SMILES string of the molecule is COC1CC(C(=O)O)N(C(=O)N2CCC(C)C2CO)C1. The number of aliphatic hydroxyl groups is 1. The number of carboxylic acid groups (broad SMARTS) is 1. The molecule has 0 aromatic rings. The molecule has 2 aliphatic rings. The zero-order valence-electron chi connectivity index (χ0n) is 11.9. The number of likely N-dealkylation sites (tertiary alicyclic amines) is 2. The third-order valence-electron chi connectivity index (χ3n) is 4.44. The standard InChI is InChI=1S/C13H22N2O5/c1-8-3-4-14(11(8)7-16)13(19)15-6-9(20-2)5-10(15)12(17)18/h8-11,16H,3-7H2,1-2H3,(H,17,18). The van der Waals surface area contributed by atoms with E-state index in [0.29, 0.717) is 13.0 Å². The lowest BCUT2D eigenvalue weighted by Gasteiger charge is -2.31. The number of carboxylic acids is 1. The Bertz CT molecular complexity index is 389. The fraction of sp³-hybridized carbons (Fsp3) is 0.846. The summed E-state index contributed by atoms with van der Waals surface area (Å²) in [6, 6.07) is -1.37. The van der Waals surface area contributed by atoms with Crippen LogP contribution in [0.4, 0.5) is 4.79 Å². The van der Waals surface area contributed by atoms with Gasteiger partial charge in [-0.05, 0) is 12.3 Å². The molecule has 2 rings (SSSR count). The summed E-state index contributed by atoms with van der Waals surface area (Å²) in [5, 5.41) is 18.7. The molecule has 2 fully saturated rings. The quantitative estimate of drug-likeness (QED) is 0.761. The molecule has 7 heteroatoms. The number of amides is 2. The van der Waals surface area contributed by atoms with Gasteiger partial charge in [0.2, 0.25) is 0 Å². The fourth-order valence-corrected chi connectivity index (χ4v) is 3.10. The summed E-state index contributed by atoms with van der Waals surface area (Å²) in [7, 11) is 1.52. The van der Waals surface area contributed by atoms with Gasteiger partial charge in [-0.2, -0.15) is 0 Å². The summed E-state index contributed by atoms with van der Waals surface area (Å²) in [6.45, 7) is 2.75. The van der Waals surface area contributed by atoms with Crippen LogP contribution in [0.1, 0.15) is 19.8 Å². The van der Waals surface area contributed by atoms with Crippen LogP contribution in [0, 0.1) is 5.92 Å². The van der Waals surface area contributed by atoms with E-state index < -0.39 is 12.0 Å². The number of urea groups is 1. The second-order valence-electron chi connectivity index (χ2n) is 5.59. The number of aliphatic carboxylic acids is 1. The Hall–Kier alpha value is -1.34. The van der Waals surface area contributed by atoms with Crippen LogP contribution in [-0.4, -0.2) is 77.0 Å². The van der Waals surface area contributed by atoms with E-state index in [0.717, 1.165) is 6.42 Å². The second kappa shape index (κ2) is 5.97. The third-order valence-corrected chi connectivity index (χ3v) is 4.44. The van der Waals surface area contributed by atoms with Gasteiger partial charge >= 0.3 is 12.0 Å². The lowest BCUT2D eigenvalue weighted by molar-refractivity contribution is -0.141. The van der Waals surface area contributed by atoms with Crippen LogP contribution in [0.2, 0.25) is 0 Å². The largest absolute Gasteiger partial charge is 0.480 e. The minimum absolute atomic E-state index is 0.0911. The zero-order valence-corrected chi connectivity index (χ0v) is 11.9. The summed E-state index contributed by atoms with van der Waals surface area (Å²) in [4.78, 5) is 26.8. The van der Waals surface area contributed by atoms with Crippen molar-refractivity contribution in [2.45, 2.75) is 38.0 Å². The predicted molar refractivity (Wildman–Crippen MR) is 70.3 cm³/mol. The van der Waals surface area contributed by atoms with Crippen LogP contribution in [0.3, 0.4) is 0 Å². The number of nitrogens with zero attached hydrogens (tertiary/aromatic N) is 2. The molecule has 2 N–H and O–H groups in total. The molecule has 0 radical (unpaired) electrons. The monoisotopic (exact) mass is 286 g/mol. The predicted octanol–water partition coefficient (Wildman–Crippen LogP) is -0.0170. The minimum atomic E-state index is -1.01. The van der Waals surface area contributed by atoms with Gasteiger partial charge in [-0.15, -0.1) is 0 Å². The number of methoxy groups -OCH3 is 1. The molecule has 0 spiro atoms. The van der Waals surface area contributed by atoms with Crippen molar-refractivity contribution in [3.05, 3.63) is 0 Å². The second-order valence-corrected chi connectivity index (χ2v) is 5.59. The molecular weight excluding hydrogens is 264 g/mol. The molecule has 0 bridgehead atoms. The van der Waals surface area contributed by atoms with E-state index in [4.69, 9.17) is 4.74 Å². The van der Waals surface area contributed by atoms with Crippen LogP contribution in [-0.2, 0) is 9.53 Å². The number of rotatable bonds is 3. The molecular formula is C13H22N2O5. The number of aliphatic hydroxyl groups excluding tert-OH is 1. The van der Waals surface area contributed by atoms with Crippen molar-refractivity contribution in [1.82, 2.24) is 9.80 Å². The van der Waals surface area contributed by atoms with Gasteiger partial charge in [-0.3, -0.25) is 0 Å². The van der Waals surface area contributed by atoms with Crippen molar-refractivity contribution in [3.63, 3.8) is 0 Å².